The van der Waals surface area contributed by atoms with Crippen molar-refractivity contribution in [1.82, 2.24) is 30.3 Å². The van der Waals surface area contributed by atoms with Crippen molar-refractivity contribution in [3.05, 3.63) is 90.1 Å². The molecular formula is C39H50N8O7. The summed E-state index contributed by atoms with van der Waals surface area (Å²) in [7, 11) is 3.45. The van der Waals surface area contributed by atoms with Crippen LogP contribution in [0.1, 0.15) is 37.8 Å². The molecule has 54 heavy (non-hydrogen) atoms. The van der Waals surface area contributed by atoms with Crippen LogP contribution in [0, 0.1) is 5.92 Å². The molecule has 15 heteroatoms. The Bertz CT molecular complexity index is 1730. The van der Waals surface area contributed by atoms with E-state index < -0.39 is 48.4 Å². The van der Waals surface area contributed by atoms with E-state index in [9.17, 15) is 33.9 Å². The molecule has 1 aromatic heterocycles. The molecule has 1 fully saturated rings. The first-order valence-electron chi connectivity index (χ1n) is 18.0. The molecule has 0 aliphatic carbocycles. The summed E-state index contributed by atoms with van der Waals surface area (Å²) in [5.74, 6) is -3.15. The minimum atomic E-state index is -1.51. The number of carbonyl (C=O) groups excluding carboxylic acids is 5. The molecule has 1 aliphatic rings. The van der Waals surface area contributed by atoms with Crippen molar-refractivity contribution in [1.29, 1.82) is 0 Å². The Hall–Kier alpha value is -5.83. The lowest BCUT2D eigenvalue weighted by atomic mass is 10.00. The van der Waals surface area contributed by atoms with Gasteiger partial charge in [0.25, 0.3) is 0 Å². The summed E-state index contributed by atoms with van der Waals surface area (Å²) < 4.78 is 0. The van der Waals surface area contributed by atoms with Crippen LogP contribution < -0.4 is 21.3 Å². The van der Waals surface area contributed by atoms with Gasteiger partial charge in [-0.25, -0.2) is 9.78 Å². The Kier molecular flexibility index (Phi) is 15.0. The van der Waals surface area contributed by atoms with E-state index in [1.54, 1.807) is 53.6 Å². The maximum absolute atomic E-state index is 13.8. The van der Waals surface area contributed by atoms with Crippen LogP contribution in [-0.2, 0) is 36.8 Å². The summed E-state index contributed by atoms with van der Waals surface area (Å²) in [6.07, 6.45) is 1.18. The van der Waals surface area contributed by atoms with Crippen molar-refractivity contribution in [2.75, 3.05) is 50.9 Å². The summed E-state index contributed by atoms with van der Waals surface area (Å²) in [6.45, 7) is 6.07. The molecule has 0 bridgehead atoms. The number of hydrogen-bond acceptors (Lipinski definition) is 8. The smallest absolute Gasteiger partial charge is 0.324 e. The zero-order valence-corrected chi connectivity index (χ0v) is 31.2. The molecule has 1 aliphatic heterocycles. The molecule has 2 aromatic carbocycles. The molecule has 4 rings (SSSR count). The highest BCUT2D eigenvalue weighted by molar-refractivity contribution is 5.99. The van der Waals surface area contributed by atoms with Crippen LogP contribution in [0.5, 0.6) is 0 Å². The molecule has 1 saturated heterocycles. The Labute approximate surface area is 315 Å². The molecule has 0 radical (unpaired) electrons. The van der Waals surface area contributed by atoms with Gasteiger partial charge >= 0.3 is 12.0 Å². The third-order valence-corrected chi connectivity index (χ3v) is 9.06. The second-order valence-corrected chi connectivity index (χ2v) is 13.9. The van der Waals surface area contributed by atoms with E-state index in [0.717, 1.165) is 5.56 Å². The topological polar surface area (TPSA) is 193 Å². The number of carbonyl (C=O) groups is 6. The van der Waals surface area contributed by atoms with E-state index in [2.05, 4.69) is 31.2 Å². The number of piperazine rings is 1. The van der Waals surface area contributed by atoms with Gasteiger partial charge < -0.3 is 35.8 Å². The number of nitrogens with zero attached hydrogens (tertiary/aromatic N) is 4. The van der Waals surface area contributed by atoms with Gasteiger partial charge in [0.15, 0.2) is 0 Å². The number of anilines is 2. The number of aromatic nitrogens is 1. The first-order valence-corrected chi connectivity index (χ1v) is 18.0. The van der Waals surface area contributed by atoms with E-state index in [-0.39, 0.29) is 37.0 Å². The van der Waals surface area contributed by atoms with Crippen molar-refractivity contribution in [3.8, 4) is 0 Å². The summed E-state index contributed by atoms with van der Waals surface area (Å²) in [5, 5.41) is 20.4. The van der Waals surface area contributed by atoms with Crippen LogP contribution in [0.3, 0.4) is 0 Å². The van der Waals surface area contributed by atoms with Crippen molar-refractivity contribution in [2.45, 2.75) is 57.7 Å². The number of amides is 6. The highest BCUT2D eigenvalue weighted by Gasteiger charge is 2.35. The fourth-order valence-corrected chi connectivity index (χ4v) is 6.00. The second-order valence-electron chi connectivity index (χ2n) is 13.9. The number of rotatable bonds is 16. The van der Waals surface area contributed by atoms with Gasteiger partial charge in [-0.15, -0.1) is 0 Å². The van der Waals surface area contributed by atoms with Gasteiger partial charge in [0, 0.05) is 51.5 Å². The predicted octanol–water partition coefficient (Wildman–Crippen LogP) is 2.60. The number of carboxylic acid groups (broad SMARTS) is 1. The van der Waals surface area contributed by atoms with Crippen molar-refractivity contribution in [3.63, 3.8) is 0 Å². The van der Waals surface area contributed by atoms with Crippen LogP contribution in [-0.4, -0.2) is 119 Å². The number of aliphatic carboxylic acids is 1. The molecule has 0 saturated carbocycles. The first kappa shape index (κ1) is 40.9. The fourth-order valence-electron chi connectivity index (χ4n) is 6.00. The van der Waals surface area contributed by atoms with Gasteiger partial charge in [-0.3, -0.25) is 29.3 Å². The van der Waals surface area contributed by atoms with E-state index >= 15 is 0 Å². The van der Waals surface area contributed by atoms with E-state index in [0.29, 0.717) is 43.2 Å². The summed E-state index contributed by atoms with van der Waals surface area (Å²) in [4.78, 5) is 88.2. The number of carboxylic acids is 1. The van der Waals surface area contributed by atoms with Crippen LogP contribution in [0.2, 0.25) is 0 Å². The largest absolute Gasteiger partial charge is 0.481 e. The zero-order valence-electron chi connectivity index (χ0n) is 31.2. The number of urea groups is 1. The number of nitrogens with one attached hydrogen (secondary N) is 4. The first-order chi connectivity index (χ1) is 25.8. The van der Waals surface area contributed by atoms with Gasteiger partial charge in [0.1, 0.15) is 23.9 Å². The SMILES string of the molecule is CC(C)C[C@@H](C(=O)N[C@@H](CC(=O)O)C(=O)N[C@@H](Cc1ccccc1)C(=O)N1CCN(C)CC1)N(C)C(=O)Cc1ccc(NC(=O)Nc2ccccn2)cc1. The normalized spacial score (nSPS) is 14.6. The third kappa shape index (κ3) is 12.7. The fraction of sp³-hybridized carbons (Fsp3) is 0.410. The number of likely N-dealkylation sites (N-methyl/N-ethyl adjacent to an activating group) is 2. The monoisotopic (exact) mass is 742 g/mol. The third-order valence-electron chi connectivity index (χ3n) is 9.06. The lowest BCUT2D eigenvalue weighted by Gasteiger charge is -2.35. The zero-order chi connectivity index (χ0) is 39.2. The number of pyridine rings is 1. The maximum atomic E-state index is 13.8. The van der Waals surface area contributed by atoms with Crippen LogP contribution in [0.4, 0.5) is 16.3 Å². The highest BCUT2D eigenvalue weighted by atomic mass is 16.4. The van der Waals surface area contributed by atoms with Crippen LogP contribution in [0.25, 0.3) is 0 Å². The minimum absolute atomic E-state index is 0.0400. The molecule has 3 aromatic rings. The minimum Gasteiger partial charge on any atom is -0.481 e. The van der Waals surface area contributed by atoms with E-state index in [1.807, 2.05) is 51.2 Å². The van der Waals surface area contributed by atoms with Crippen LogP contribution >= 0.6 is 0 Å². The number of benzene rings is 2. The number of hydrogen-bond donors (Lipinski definition) is 5. The molecule has 0 unspecified atom stereocenters. The molecule has 2 heterocycles. The molecule has 5 N–H and O–H groups in total. The van der Waals surface area contributed by atoms with E-state index in [4.69, 9.17) is 0 Å². The van der Waals surface area contributed by atoms with Crippen LogP contribution in [0.15, 0.2) is 79.0 Å². The molecule has 0 spiro atoms. The standard InChI is InChI=1S/C39H50N8O7/c1-26(2)22-32(46(4)34(48)24-28-13-15-29(16-14-28)41-39(54)44-33-12-8-9-17-40-33)37(52)42-30(25-35(49)50)36(51)43-31(23-27-10-6-5-7-11-27)38(53)47-20-18-45(3)19-21-47/h5-17,26,30-32H,18-25H2,1-4H3,(H,42,52)(H,43,51)(H,49,50)(H2,40,41,44,54)/t30-,31-,32-/m0/s1. The van der Waals surface area contributed by atoms with Crippen molar-refractivity contribution < 1.29 is 33.9 Å². The Morgan fingerprint density at radius 1 is 0.796 bits per heavy atom. The Morgan fingerprint density at radius 3 is 2.06 bits per heavy atom. The average molecular weight is 743 g/mol. The molecule has 3 atom stereocenters. The summed E-state index contributed by atoms with van der Waals surface area (Å²) in [5.41, 5.74) is 1.92. The summed E-state index contributed by atoms with van der Waals surface area (Å²) in [6, 6.07) is 16.9. The molecule has 15 nitrogen and oxygen atoms in total. The van der Waals surface area contributed by atoms with Crippen molar-refractivity contribution >= 4 is 47.1 Å². The highest BCUT2D eigenvalue weighted by Crippen LogP contribution is 2.16. The molecule has 6 amide bonds. The molecule has 288 valence electrons. The van der Waals surface area contributed by atoms with Gasteiger partial charge in [0.05, 0.1) is 12.8 Å². The van der Waals surface area contributed by atoms with Crippen molar-refractivity contribution in [2.24, 2.45) is 5.92 Å². The average Bonchev–Trinajstić information content (AvgIpc) is 3.14. The lowest BCUT2D eigenvalue weighted by Crippen LogP contribution is -2.59. The van der Waals surface area contributed by atoms with Gasteiger partial charge in [-0.05, 0) is 54.8 Å². The maximum Gasteiger partial charge on any atom is 0.324 e. The molecular weight excluding hydrogens is 692 g/mol. The van der Waals surface area contributed by atoms with Gasteiger partial charge in [0.2, 0.25) is 23.6 Å². The summed E-state index contributed by atoms with van der Waals surface area (Å²) >= 11 is 0. The van der Waals surface area contributed by atoms with Gasteiger partial charge in [-0.1, -0.05) is 62.4 Å². The quantitative estimate of drug-likeness (QED) is 0.147. The van der Waals surface area contributed by atoms with Gasteiger partial charge in [-0.2, -0.15) is 0 Å². The van der Waals surface area contributed by atoms with E-state index in [1.165, 1.54) is 11.9 Å². The second kappa shape index (κ2) is 19.9. The lowest BCUT2D eigenvalue weighted by molar-refractivity contribution is -0.144. The Morgan fingerprint density at radius 2 is 1.44 bits per heavy atom. The predicted molar refractivity (Wildman–Crippen MR) is 203 cm³/mol. The Balaban J connectivity index is 1.43.